The van der Waals surface area contributed by atoms with E-state index in [4.69, 9.17) is 0 Å². The van der Waals surface area contributed by atoms with E-state index in [1.54, 1.807) is 0 Å². The first-order chi connectivity index (χ1) is 12.3. The Bertz CT molecular complexity index is 652. The van der Waals surface area contributed by atoms with Gasteiger partial charge in [0.25, 0.3) is 0 Å². The van der Waals surface area contributed by atoms with Crippen molar-refractivity contribution in [3.05, 3.63) is 71.8 Å². The van der Waals surface area contributed by atoms with Crippen molar-refractivity contribution in [2.75, 3.05) is 20.1 Å². The summed E-state index contributed by atoms with van der Waals surface area (Å²) >= 11 is 0. The minimum absolute atomic E-state index is 0. The van der Waals surface area contributed by atoms with Gasteiger partial charge in [0.1, 0.15) is 0 Å². The van der Waals surface area contributed by atoms with Crippen molar-refractivity contribution in [3.63, 3.8) is 0 Å². The van der Waals surface area contributed by atoms with E-state index >= 15 is 0 Å². The lowest BCUT2D eigenvalue weighted by Gasteiger charge is -2.33. The molecule has 5 heteroatoms. The number of hydrogen-bond donors (Lipinski definition) is 2. The van der Waals surface area contributed by atoms with Crippen molar-refractivity contribution >= 4 is 29.9 Å². The standard InChI is InChI=1S/C21H28N4.HI/c1-22-21(23-16-18-8-4-2-5-9-18)24-20-12-14-25(15-13-20)17-19-10-6-3-7-11-19;/h2-11,20H,12-17H2,1H3,(H2,22,23,24);1H. The minimum atomic E-state index is 0. The van der Waals surface area contributed by atoms with E-state index in [2.05, 4.69) is 75.1 Å². The Kier molecular flexibility index (Phi) is 8.91. The summed E-state index contributed by atoms with van der Waals surface area (Å²) < 4.78 is 0. The maximum absolute atomic E-state index is 4.36. The highest BCUT2D eigenvalue weighted by Crippen LogP contribution is 2.13. The first-order valence-corrected chi connectivity index (χ1v) is 9.11. The molecule has 0 amide bonds. The van der Waals surface area contributed by atoms with Crippen LogP contribution >= 0.6 is 24.0 Å². The highest BCUT2D eigenvalue weighted by atomic mass is 127. The van der Waals surface area contributed by atoms with Crippen LogP contribution in [0.5, 0.6) is 0 Å². The second kappa shape index (κ2) is 11.2. The lowest BCUT2D eigenvalue weighted by Crippen LogP contribution is -2.48. The fourth-order valence-electron chi connectivity index (χ4n) is 3.25. The number of likely N-dealkylation sites (tertiary alicyclic amines) is 1. The van der Waals surface area contributed by atoms with E-state index in [0.29, 0.717) is 6.04 Å². The maximum atomic E-state index is 4.36. The lowest BCUT2D eigenvalue weighted by molar-refractivity contribution is 0.198. The zero-order chi connectivity index (χ0) is 17.3. The zero-order valence-electron chi connectivity index (χ0n) is 15.4. The summed E-state index contributed by atoms with van der Waals surface area (Å²) in [6.07, 6.45) is 2.30. The number of hydrogen-bond acceptors (Lipinski definition) is 2. The van der Waals surface area contributed by atoms with Crippen LogP contribution in [0.1, 0.15) is 24.0 Å². The van der Waals surface area contributed by atoms with E-state index < -0.39 is 0 Å². The third-order valence-corrected chi connectivity index (χ3v) is 4.70. The van der Waals surface area contributed by atoms with Crippen LogP contribution in [0, 0.1) is 0 Å². The van der Waals surface area contributed by atoms with Gasteiger partial charge in [0.05, 0.1) is 0 Å². The molecule has 1 heterocycles. The van der Waals surface area contributed by atoms with Gasteiger partial charge in [0, 0.05) is 39.3 Å². The highest BCUT2D eigenvalue weighted by Gasteiger charge is 2.19. The first-order valence-electron chi connectivity index (χ1n) is 9.11. The second-order valence-corrected chi connectivity index (χ2v) is 6.59. The van der Waals surface area contributed by atoms with Gasteiger partial charge < -0.3 is 10.6 Å². The molecule has 3 rings (SSSR count). The van der Waals surface area contributed by atoms with Crippen LogP contribution in [-0.2, 0) is 13.1 Å². The Morgan fingerprint density at radius 2 is 1.54 bits per heavy atom. The van der Waals surface area contributed by atoms with Crippen molar-refractivity contribution < 1.29 is 0 Å². The molecule has 0 saturated carbocycles. The molecular formula is C21H29IN4. The summed E-state index contributed by atoms with van der Waals surface area (Å²) in [5, 5.41) is 6.98. The zero-order valence-corrected chi connectivity index (χ0v) is 17.7. The van der Waals surface area contributed by atoms with Crippen molar-refractivity contribution in [1.29, 1.82) is 0 Å². The Balaban J connectivity index is 0.00000243. The van der Waals surface area contributed by atoms with Gasteiger partial charge in [-0.05, 0) is 24.0 Å². The summed E-state index contributed by atoms with van der Waals surface area (Å²) in [5.41, 5.74) is 2.66. The number of piperidine rings is 1. The molecule has 2 N–H and O–H groups in total. The fourth-order valence-corrected chi connectivity index (χ4v) is 3.25. The van der Waals surface area contributed by atoms with Crippen LogP contribution < -0.4 is 10.6 Å². The number of benzene rings is 2. The smallest absolute Gasteiger partial charge is 0.191 e. The van der Waals surface area contributed by atoms with Gasteiger partial charge in [0.15, 0.2) is 5.96 Å². The molecule has 26 heavy (non-hydrogen) atoms. The maximum Gasteiger partial charge on any atom is 0.191 e. The van der Waals surface area contributed by atoms with E-state index in [1.165, 1.54) is 11.1 Å². The molecule has 1 saturated heterocycles. The quantitative estimate of drug-likeness (QED) is 0.404. The number of halogens is 1. The Morgan fingerprint density at radius 3 is 2.12 bits per heavy atom. The summed E-state index contributed by atoms with van der Waals surface area (Å²) in [4.78, 5) is 6.90. The first kappa shape index (κ1) is 20.7. The third kappa shape index (κ3) is 6.61. The van der Waals surface area contributed by atoms with Gasteiger partial charge in [0.2, 0.25) is 0 Å². The average Bonchev–Trinajstić information content (AvgIpc) is 2.68. The SMILES string of the molecule is CN=C(NCc1ccccc1)NC1CCN(Cc2ccccc2)CC1.I. The van der Waals surface area contributed by atoms with Gasteiger partial charge in [-0.3, -0.25) is 9.89 Å². The largest absolute Gasteiger partial charge is 0.354 e. The molecule has 2 aromatic carbocycles. The molecule has 0 radical (unpaired) electrons. The molecule has 140 valence electrons. The molecule has 1 aliphatic rings. The summed E-state index contributed by atoms with van der Waals surface area (Å²) in [6.45, 7) is 4.10. The Hall–Kier alpha value is -1.60. The van der Waals surface area contributed by atoms with Crippen LogP contribution in [0.3, 0.4) is 0 Å². The molecule has 1 fully saturated rings. The molecule has 4 nitrogen and oxygen atoms in total. The molecule has 0 spiro atoms. The molecule has 2 aromatic rings. The van der Waals surface area contributed by atoms with Crippen LogP contribution in [0.15, 0.2) is 65.7 Å². The van der Waals surface area contributed by atoms with E-state index in [0.717, 1.165) is 45.0 Å². The van der Waals surface area contributed by atoms with Gasteiger partial charge in [-0.25, -0.2) is 0 Å². The monoisotopic (exact) mass is 464 g/mol. The molecule has 0 bridgehead atoms. The number of nitrogens with zero attached hydrogens (tertiary/aromatic N) is 2. The van der Waals surface area contributed by atoms with Crippen molar-refractivity contribution in [2.45, 2.75) is 32.0 Å². The Morgan fingerprint density at radius 1 is 0.962 bits per heavy atom. The molecule has 0 aliphatic carbocycles. The average molecular weight is 464 g/mol. The van der Waals surface area contributed by atoms with Gasteiger partial charge in [-0.15, -0.1) is 24.0 Å². The summed E-state index contributed by atoms with van der Waals surface area (Å²) in [5.74, 6) is 0.894. The molecular weight excluding hydrogens is 435 g/mol. The predicted octanol–water partition coefficient (Wildman–Crippen LogP) is 3.63. The molecule has 0 atom stereocenters. The molecule has 0 aromatic heterocycles. The summed E-state index contributed by atoms with van der Waals surface area (Å²) in [6, 6.07) is 21.6. The number of rotatable bonds is 5. The van der Waals surface area contributed by atoms with Gasteiger partial charge in [-0.2, -0.15) is 0 Å². The van der Waals surface area contributed by atoms with Crippen molar-refractivity contribution in [3.8, 4) is 0 Å². The van der Waals surface area contributed by atoms with Gasteiger partial charge >= 0.3 is 0 Å². The van der Waals surface area contributed by atoms with Gasteiger partial charge in [-0.1, -0.05) is 60.7 Å². The van der Waals surface area contributed by atoms with Crippen molar-refractivity contribution in [2.24, 2.45) is 4.99 Å². The van der Waals surface area contributed by atoms with E-state index in [-0.39, 0.29) is 24.0 Å². The molecule has 0 unspecified atom stereocenters. The minimum Gasteiger partial charge on any atom is -0.354 e. The molecule has 1 aliphatic heterocycles. The normalized spacial score (nSPS) is 16.0. The lowest BCUT2D eigenvalue weighted by atomic mass is 10.0. The van der Waals surface area contributed by atoms with E-state index in [1.807, 2.05) is 13.1 Å². The number of guanidine groups is 1. The predicted molar refractivity (Wildman–Crippen MR) is 120 cm³/mol. The van der Waals surface area contributed by atoms with Crippen molar-refractivity contribution in [1.82, 2.24) is 15.5 Å². The van der Waals surface area contributed by atoms with E-state index in [9.17, 15) is 0 Å². The topological polar surface area (TPSA) is 39.7 Å². The fraction of sp³-hybridized carbons (Fsp3) is 0.381. The van der Waals surface area contributed by atoms with Crippen LogP contribution in [-0.4, -0.2) is 37.0 Å². The Labute approximate surface area is 174 Å². The number of nitrogens with one attached hydrogen (secondary N) is 2. The second-order valence-electron chi connectivity index (χ2n) is 6.59. The van der Waals surface area contributed by atoms with Crippen LogP contribution in [0.2, 0.25) is 0 Å². The van der Waals surface area contributed by atoms with Crippen LogP contribution in [0.4, 0.5) is 0 Å². The number of aliphatic imine (C=N–C) groups is 1. The summed E-state index contributed by atoms with van der Waals surface area (Å²) in [7, 11) is 1.84. The highest BCUT2D eigenvalue weighted by molar-refractivity contribution is 14.0. The van der Waals surface area contributed by atoms with Crippen LogP contribution in [0.25, 0.3) is 0 Å². The third-order valence-electron chi connectivity index (χ3n) is 4.70.